The van der Waals surface area contributed by atoms with Crippen molar-refractivity contribution in [2.45, 2.75) is 344 Å². The summed E-state index contributed by atoms with van der Waals surface area (Å²) in [5.41, 5.74) is 0. The Hall–Kier alpha value is -0.760. The van der Waals surface area contributed by atoms with Crippen molar-refractivity contribution in [3.8, 4) is 0 Å². The average Bonchev–Trinajstić information content (AvgIpc) is 1.14. The normalized spacial score (nSPS) is 13.7. The number of unbranched alkanes of at least 4 members (excludes halogenated alkanes) is 5. The Balaban J connectivity index is -0.000000465. The fraction of sp³-hybridized carbons (Fsp3) is 1.00. The van der Waals surface area contributed by atoms with Crippen LogP contribution in [0, 0.1) is 71.0 Å². The highest BCUT2D eigenvalue weighted by Crippen LogP contribution is 2.26. The summed E-state index contributed by atoms with van der Waals surface area (Å²) in [6.45, 7) is 68.0. The zero-order chi connectivity index (χ0) is 89.0. The van der Waals surface area contributed by atoms with Gasteiger partial charge in [-0.05, 0) is 148 Å². The lowest BCUT2D eigenvalue weighted by Crippen LogP contribution is -2.14. The number of hydrogen-bond donors (Lipinski definition) is 2. The standard InChI is InChI=1S/C24H50O5.2C23H48O6.C16H34O.C14H30O/c1-6-11-25-13-15-27-17-19-29-20-18-28-16-14-26-12-10-24(5)21-23(4)9-7-8-22(2)3;1-21(2)20-23(4)7-5-6-22(3)8-10-25-12-14-27-16-18-29-19-17-28-15-13-26-11-9-24;1-4-23(21-22(2)3)9-7-5-6-8-11-25-13-15-27-17-19-29-20-18-28-16-14-26-12-10-24;1-6-11-17-12-10-16(5)13-15(4)9-7-8-14(2)3;1-4-7-8-10-14(9-5-2)11-13-15-12-6-3/h22-24H,6-21H2,1-5H3;21-24H,5-20H2,1-4H3;22-24H,4-21H2,1-3H3;14-16H,6-13H2,1-5H3;14H,4-13H2,1-3H3. The van der Waals surface area contributed by atoms with Crippen LogP contribution in [0.2, 0.25) is 0 Å². The molecule has 0 aliphatic carbocycles. The van der Waals surface area contributed by atoms with E-state index in [0.717, 1.165) is 162 Å². The number of ether oxygens (including phenoxy) is 17. The first kappa shape index (κ1) is 127. The van der Waals surface area contributed by atoms with Crippen LogP contribution in [0.1, 0.15) is 344 Å². The molecular weight excluding hydrogens is 1510 g/mol. The molecule has 0 aliphatic heterocycles. The van der Waals surface area contributed by atoms with Crippen molar-refractivity contribution in [1.82, 2.24) is 0 Å². The Kier molecular flexibility index (Phi) is 117. The van der Waals surface area contributed by atoms with Gasteiger partial charge in [-0.3, -0.25) is 0 Å². The van der Waals surface area contributed by atoms with E-state index in [4.69, 9.17) is 90.7 Å². The summed E-state index contributed by atoms with van der Waals surface area (Å²) in [5.74, 6) is 10.0. The molecule has 0 heterocycles. The molecule has 0 rings (SSSR count). The molecular formula is C100H210O19. The van der Waals surface area contributed by atoms with Crippen LogP contribution in [0.15, 0.2) is 0 Å². The van der Waals surface area contributed by atoms with Crippen molar-refractivity contribution >= 4 is 0 Å². The first-order valence-electron chi connectivity index (χ1n) is 49.8. The molecule has 8 atom stereocenters. The maximum absolute atomic E-state index is 8.55. The SMILES string of the molecule is CC(C)CC(C)CCCC(C)CCOCCOCCOCCOCCOCCO.CCC(CCCCCCOCCOCCOCCOCCOCCO)CC(C)C.CCCCCC(CCC)CCOCCC.CCCOCCC(C)CC(C)CCCC(C)C.CCCOCCOCCOCCOCCOCCC(C)CC(C)CCCC(C)C. The second kappa shape index (κ2) is 110. The van der Waals surface area contributed by atoms with Crippen LogP contribution in [-0.2, 0) is 80.5 Å². The molecule has 0 amide bonds. The number of aliphatic hydroxyl groups excluding tert-OH is 2. The van der Waals surface area contributed by atoms with Crippen LogP contribution in [0.4, 0.5) is 0 Å². The Morgan fingerprint density at radius 3 is 0.739 bits per heavy atom. The third kappa shape index (κ3) is 121. The summed E-state index contributed by atoms with van der Waals surface area (Å²) < 4.78 is 92.5. The highest BCUT2D eigenvalue weighted by atomic mass is 16.6. The molecule has 0 saturated heterocycles. The highest BCUT2D eigenvalue weighted by molar-refractivity contribution is 4.66. The zero-order valence-corrected chi connectivity index (χ0v) is 82.8. The van der Waals surface area contributed by atoms with Gasteiger partial charge < -0.3 is 90.7 Å². The van der Waals surface area contributed by atoms with Crippen molar-refractivity contribution in [2.24, 2.45) is 71.0 Å². The molecule has 0 fully saturated rings. The van der Waals surface area contributed by atoms with Crippen molar-refractivity contribution in [3.63, 3.8) is 0 Å². The van der Waals surface area contributed by atoms with E-state index in [1.54, 1.807) is 0 Å². The molecule has 0 bridgehead atoms. The lowest BCUT2D eigenvalue weighted by molar-refractivity contribution is -0.0138. The Labute approximate surface area is 739 Å². The van der Waals surface area contributed by atoms with Crippen molar-refractivity contribution < 1.29 is 90.7 Å². The van der Waals surface area contributed by atoms with Crippen LogP contribution in [0.3, 0.4) is 0 Å². The molecule has 0 saturated carbocycles. The van der Waals surface area contributed by atoms with Gasteiger partial charge in [0.15, 0.2) is 0 Å². The smallest absolute Gasteiger partial charge is 0.0701 e. The lowest BCUT2D eigenvalue weighted by atomic mass is 9.90. The molecule has 0 radical (unpaired) electrons. The Bertz CT molecular complexity index is 1740. The first-order valence-corrected chi connectivity index (χ1v) is 49.8. The van der Waals surface area contributed by atoms with E-state index in [-0.39, 0.29) is 13.2 Å². The number of rotatable bonds is 92. The molecule has 19 heteroatoms. The van der Waals surface area contributed by atoms with Crippen molar-refractivity contribution in [2.75, 3.05) is 238 Å². The molecule has 0 aromatic carbocycles. The van der Waals surface area contributed by atoms with Crippen molar-refractivity contribution in [1.29, 1.82) is 0 Å². The molecule has 0 spiro atoms. The van der Waals surface area contributed by atoms with E-state index in [1.165, 1.54) is 167 Å². The average molecular weight is 1720 g/mol. The van der Waals surface area contributed by atoms with Crippen LogP contribution < -0.4 is 0 Å². The van der Waals surface area contributed by atoms with E-state index in [9.17, 15) is 0 Å². The Morgan fingerprint density at radius 1 is 0.160 bits per heavy atom. The molecule has 0 aliphatic rings. The summed E-state index contributed by atoms with van der Waals surface area (Å²) in [6.07, 6.45) is 41.8. The van der Waals surface area contributed by atoms with Crippen LogP contribution >= 0.6 is 0 Å². The van der Waals surface area contributed by atoms with E-state index < -0.39 is 0 Å². The maximum atomic E-state index is 8.55. The molecule has 119 heavy (non-hydrogen) atoms. The van der Waals surface area contributed by atoms with Crippen LogP contribution in [0.25, 0.3) is 0 Å². The monoisotopic (exact) mass is 1720 g/mol. The first-order chi connectivity index (χ1) is 57.7. The maximum Gasteiger partial charge on any atom is 0.0701 e. The molecule has 19 nitrogen and oxygen atoms in total. The molecule has 0 aromatic rings. The van der Waals surface area contributed by atoms with Gasteiger partial charge >= 0.3 is 0 Å². The fourth-order valence-corrected chi connectivity index (χ4v) is 14.0. The molecule has 2 N–H and O–H groups in total. The molecule has 0 aromatic heterocycles. The van der Waals surface area contributed by atoms with E-state index in [0.29, 0.717) is 172 Å². The van der Waals surface area contributed by atoms with Gasteiger partial charge in [-0.1, -0.05) is 267 Å². The minimum Gasteiger partial charge on any atom is -0.394 e. The van der Waals surface area contributed by atoms with Gasteiger partial charge in [-0.2, -0.15) is 0 Å². The van der Waals surface area contributed by atoms with E-state index in [1.807, 2.05) is 0 Å². The number of aliphatic hydroxyl groups is 2. The van der Waals surface area contributed by atoms with Crippen molar-refractivity contribution in [3.05, 3.63) is 0 Å². The predicted octanol–water partition coefficient (Wildman–Crippen LogP) is 23.5. The summed E-state index contributed by atoms with van der Waals surface area (Å²) in [7, 11) is 0. The topological polar surface area (TPSA) is 197 Å². The number of hydrogen-bond acceptors (Lipinski definition) is 19. The van der Waals surface area contributed by atoms with Gasteiger partial charge in [-0.25, -0.2) is 0 Å². The Morgan fingerprint density at radius 2 is 0.420 bits per heavy atom. The fourth-order valence-electron chi connectivity index (χ4n) is 14.0. The van der Waals surface area contributed by atoms with Gasteiger partial charge in [-0.15, -0.1) is 0 Å². The van der Waals surface area contributed by atoms with Gasteiger partial charge in [0, 0.05) is 52.9 Å². The van der Waals surface area contributed by atoms with Gasteiger partial charge in [0.1, 0.15) is 0 Å². The highest BCUT2D eigenvalue weighted by Gasteiger charge is 2.14. The zero-order valence-electron chi connectivity index (χ0n) is 82.8. The summed E-state index contributed by atoms with van der Waals surface area (Å²) in [4.78, 5) is 0. The summed E-state index contributed by atoms with van der Waals surface area (Å²) in [5, 5.41) is 17.1. The molecule has 724 valence electrons. The van der Waals surface area contributed by atoms with Gasteiger partial charge in [0.25, 0.3) is 0 Å². The minimum absolute atomic E-state index is 0.0470. The third-order valence-corrected chi connectivity index (χ3v) is 20.7. The van der Waals surface area contributed by atoms with E-state index in [2.05, 4.69) is 138 Å². The minimum atomic E-state index is 0.0470. The quantitative estimate of drug-likeness (QED) is 0.0545. The largest absolute Gasteiger partial charge is 0.394 e. The van der Waals surface area contributed by atoms with Crippen LogP contribution in [-0.4, -0.2) is 248 Å². The molecule has 8 unspecified atom stereocenters. The van der Waals surface area contributed by atoms with E-state index >= 15 is 0 Å². The van der Waals surface area contributed by atoms with Gasteiger partial charge in [0.05, 0.1) is 185 Å². The second-order valence-corrected chi connectivity index (χ2v) is 35.6. The predicted molar refractivity (Wildman–Crippen MR) is 501 cm³/mol. The van der Waals surface area contributed by atoms with Gasteiger partial charge in [0.2, 0.25) is 0 Å². The summed E-state index contributed by atoms with van der Waals surface area (Å²) >= 11 is 0. The van der Waals surface area contributed by atoms with Crippen LogP contribution in [0.5, 0.6) is 0 Å². The lowest BCUT2D eigenvalue weighted by Gasteiger charge is -2.17. The third-order valence-electron chi connectivity index (χ3n) is 20.7. The second-order valence-electron chi connectivity index (χ2n) is 35.6. The summed E-state index contributed by atoms with van der Waals surface area (Å²) in [6, 6.07) is 0.